The summed E-state index contributed by atoms with van der Waals surface area (Å²) in [5.74, 6) is -2.58. The van der Waals surface area contributed by atoms with Crippen molar-refractivity contribution in [2.24, 2.45) is 0 Å². The lowest BCUT2D eigenvalue weighted by molar-refractivity contribution is -0.137. The van der Waals surface area contributed by atoms with Crippen molar-refractivity contribution in [2.75, 3.05) is 0 Å². The van der Waals surface area contributed by atoms with Crippen molar-refractivity contribution in [3.8, 4) is 17.2 Å². The zero-order valence-electron chi connectivity index (χ0n) is 9.00. The monoisotopic (exact) mass is 242 g/mol. The molecule has 0 saturated carbocycles. The van der Waals surface area contributed by atoms with Crippen LogP contribution in [-0.4, -0.2) is 37.6 Å². The molecule has 1 aromatic carbocycles. The number of aliphatic hydroxyl groups is 1. The van der Waals surface area contributed by atoms with Crippen LogP contribution in [0.25, 0.3) is 0 Å². The van der Waals surface area contributed by atoms with Gasteiger partial charge in [-0.05, 0) is 30.5 Å². The number of carboxylic acids is 1. The van der Waals surface area contributed by atoms with E-state index in [1.165, 1.54) is 12.1 Å². The molecule has 0 saturated heterocycles. The van der Waals surface area contributed by atoms with E-state index in [1.807, 2.05) is 0 Å². The Kier molecular flexibility index (Phi) is 4.17. The number of rotatable bonds is 5. The standard InChI is InChI=1S/C11H14O6/c12-7(1-2-10(15)16)3-6-4-8(13)11(17)9(14)5-6/h4-5,7,12-14,17H,1-3H2,(H,15,16)/t7-/m0/s1. The minimum absolute atomic E-state index is 0.0811. The van der Waals surface area contributed by atoms with Gasteiger partial charge < -0.3 is 25.5 Å². The van der Waals surface area contributed by atoms with E-state index in [1.54, 1.807) is 0 Å². The number of phenolic OH excluding ortho intramolecular Hbond substituents is 3. The highest BCUT2D eigenvalue weighted by Crippen LogP contribution is 2.35. The summed E-state index contributed by atoms with van der Waals surface area (Å²) in [6.07, 6.45) is -0.863. The normalized spacial score (nSPS) is 12.3. The molecule has 1 atom stereocenters. The first-order valence-electron chi connectivity index (χ1n) is 5.04. The first-order chi connectivity index (χ1) is 7.90. The molecule has 0 spiro atoms. The summed E-state index contributed by atoms with van der Waals surface area (Å²) in [5, 5.41) is 45.5. The quantitative estimate of drug-likeness (QED) is 0.482. The second-order valence-electron chi connectivity index (χ2n) is 3.77. The molecule has 6 heteroatoms. The van der Waals surface area contributed by atoms with Crippen molar-refractivity contribution < 1.29 is 30.3 Å². The van der Waals surface area contributed by atoms with Gasteiger partial charge >= 0.3 is 5.97 Å². The third kappa shape index (κ3) is 3.84. The Bertz CT molecular complexity index is 391. The first kappa shape index (κ1) is 13.1. The Balaban J connectivity index is 2.65. The average molecular weight is 242 g/mol. The highest BCUT2D eigenvalue weighted by Gasteiger charge is 2.12. The number of aliphatic hydroxyl groups excluding tert-OH is 1. The van der Waals surface area contributed by atoms with Crippen LogP contribution in [0.3, 0.4) is 0 Å². The molecule has 17 heavy (non-hydrogen) atoms. The van der Waals surface area contributed by atoms with E-state index in [9.17, 15) is 20.1 Å². The maximum atomic E-state index is 10.3. The number of carbonyl (C=O) groups is 1. The number of aliphatic carboxylic acids is 1. The number of hydrogen-bond donors (Lipinski definition) is 5. The summed E-state index contributed by atoms with van der Waals surface area (Å²) >= 11 is 0. The maximum absolute atomic E-state index is 10.3. The van der Waals surface area contributed by atoms with Crippen molar-refractivity contribution in [3.63, 3.8) is 0 Å². The molecular formula is C11H14O6. The zero-order chi connectivity index (χ0) is 13.0. The molecule has 0 radical (unpaired) electrons. The van der Waals surface area contributed by atoms with Crippen LogP contribution < -0.4 is 0 Å². The van der Waals surface area contributed by atoms with Crippen LogP contribution >= 0.6 is 0 Å². The summed E-state index contributed by atoms with van der Waals surface area (Å²) in [6, 6.07) is 2.41. The number of phenols is 3. The fraction of sp³-hybridized carbons (Fsp3) is 0.364. The molecule has 0 unspecified atom stereocenters. The predicted octanol–water partition coefficient (Wildman–Crippen LogP) is 0.572. The van der Waals surface area contributed by atoms with E-state index in [4.69, 9.17) is 10.2 Å². The van der Waals surface area contributed by atoms with Crippen LogP contribution in [0, 0.1) is 0 Å². The molecule has 1 aromatic rings. The van der Waals surface area contributed by atoms with Gasteiger partial charge in [0, 0.05) is 6.42 Å². The lowest BCUT2D eigenvalue weighted by Crippen LogP contribution is -2.12. The lowest BCUT2D eigenvalue weighted by Gasteiger charge is -2.10. The Labute approximate surface area is 97.4 Å². The smallest absolute Gasteiger partial charge is 0.303 e. The van der Waals surface area contributed by atoms with Gasteiger partial charge in [0.2, 0.25) is 0 Å². The molecule has 0 aromatic heterocycles. The van der Waals surface area contributed by atoms with Gasteiger partial charge in [-0.2, -0.15) is 0 Å². The average Bonchev–Trinajstić information content (AvgIpc) is 2.23. The minimum Gasteiger partial charge on any atom is -0.504 e. The fourth-order valence-corrected chi connectivity index (χ4v) is 1.44. The SMILES string of the molecule is O=C(O)CC[C@H](O)Cc1cc(O)c(O)c(O)c1. The van der Waals surface area contributed by atoms with Crippen molar-refractivity contribution in [2.45, 2.75) is 25.4 Å². The molecule has 5 N–H and O–H groups in total. The minimum atomic E-state index is -1.000. The van der Waals surface area contributed by atoms with E-state index >= 15 is 0 Å². The fourth-order valence-electron chi connectivity index (χ4n) is 1.44. The van der Waals surface area contributed by atoms with Crippen LogP contribution in [0.15, 0.2) is 12.1 Å². The first-order valence-corrected chi connectivity index (χ1v) is 5.04. The molecule has 94 valence electrons. The molecule has 0 aliphatic carbocycles. The largest absolute Gasteiger partial charge is 0.504 e. The van der Waals surface area contributed by atoms with Gasteiger partial charge in [-0.1, -0.05) is 0 Å². The van der Waals surface area contributed by atoms with E-state index in [-0.39, 0.29) is 19.3 Å². The topological polar surface area (TPSA) is 118 Å². The van der Waals surface area contributed by atoms with Gasteiger partial charge in [0.25, 0.3) is 0 Å². The third-order valence-electron chi connectivity index (χ3n) is 2.29. The Morgan fingerprint density at radius 3 is 2.18 bits per heavy atom. The predicted molar refractivity (Wildman–Crippen MR) is 58.0 cm³/mol. The number of carboxylic acid groups (broad SMARTS) is 1. The summed E-state index contributed by atoms with van der Waals surface area (Å²) in [5.41, 5.74) is 0.413. The molecular weight excluding hydrogens is 228 g/mol. The highest BCUT2D eigenvalue weighted by molar-refractivity contribution is 5.66. The third-order valence-corrected chi connectivity index (χ3v) is 2.29. The van der Waals surface area contributed by atoms with Crippen molar-refractivity contribution in [1.29, 1.82) is 0 Å². The number of hydrogen-bond acceptors (Lipinski definition) is 5. The molecule has 1 rings (SSSR count). The van der Waals surface area contributed by atoms with Crippen molar-refractivity contribution >= 4 is 5.97 Å². The Hall–Kier alpha value is -1.95. The zero-order valence-corrected chi connectivity index (χ0v) is 9.00. The summed E-state index contributed by atoms with van der Waals surface area (Å²) in [4.78, 5) is 10.3. The van der Waals surface area contributed by atoms with Gasteiger partial charge in [0.15, 0.2) is 17.2 Å². The number of benzene rings is 1. The van der Waals surface area contributed by atoms with Gasteiger partial charge in [0.05, 0.1) is 6.10 Å². The summed E-state index contributed by atoms with van der Waals surface area (Å²) in [6.45, 7) is 0. The van der Waals surface area contributed by atoms with E-state index in [2.05, 4.69) is 0 Å². The van der Waals surface area contributed by atoms with Crippen molar-refractivity contribution in [1.82, 2.24) is 0 Å². The van der Waals surface area contributed by atoms with Crippen LogP contribution in [-0.2, 0) is 11.2 Å². The summed E-state index contributed by atoms with van der Waals surface area (Å²) in [7, 11) is 0. The molecule has 0 heterocycles. The van der Waals surface area contributed by atoms with E-state index in [0.29, 0.717) is 5.56 Å². The Morgan fingerprint density at radius 1 is 1.18 bits per heavy atom. The van der Waals surface area contributed by atoms with Crippen LogP contribution in [0.4, 0.5) is 0 Å². The van der Waals surface area contributed by atoms with Gasteiger partial charge in [-0.3, -0.25) is 4.79 Å². The van der Waals surface area contributed by atoms with Gasteiger partial charge in [0.1, 0.15) is 0 Å². The molecule has 0 fully saturated rings. The maximum Gasteiger partial charge on any atom is 0.303 e. The number of aromatic hydroxyl groups is 3. The van der Waals surface area contributed by atoms with Crippen LogP contribution in [0.5, 0.6) is 17.2 Å². The summed E-state index contributed by atoms with van der Waals surface area (Å²) < 4.78 is 0. The van der Waals surface area contributed by atoms with Crippen LogP contribution in [0.1, 0.15) is 18.4 Å². The van der Waals surface area contributed by atoms with Crippen molar-refractivity contribution in [3.05, 3.63) is 17.7 Å². The van der Waals surface area contributed by atoms with Crippen LogP contribution in [0.2, 0.25) is 0 Å². The second-order valence-corrected chi connectivity index (χ2v) is 3.77. The molecule has 0 aliphatic heterocycles. The van der Waals surface area contributed by atoms with Gasteiger partial charge in [-0.25, -0.2) is 0 Å². The molecule has 0 aliphatic rings. The van der Waals surface area contributed by atoms with E-state index in [0.717, 1.165) is 0 Å². The molecule has 6 nitrogen and oxygen atoms in total. The van der Waals surface area contributed by atoms with E-state index < -0.39 is 29.3 Å². The molecule has 0 bridgehead atoms. The molecule has 0 amide bonds. The second kappa shape index (κ2) is 5.40. The Morgan fingerprint density at radius 2 is 1.71 bits per heavy atom. The van der Waals surface area contributed by atoms with Gasteiger partial charge in [-0.15, -0.1) is 0 Å². The lowest BCUT2D eigenvalue weighted by atomic mass is 10.0. The highest BCUT2D eigenvalue weighted by atomic mass is 16.4.